The number of hydrogen-bond acceptors (Lipinski definition) is 2. The molecule has 0 aromatic carbocycles. The second-order valence-corrected chi connectivity index (χ2v) is 7.24. The number of alkyl halides is 2. The van der Waals surface area contributed by atoms with Gasteiger partial charge in [-0.1, -0.05) is 91.9 Å². The van der Waals surface area contributed by atoms with Gasteiger partial charge in [0.25, 0.3) is 5.92 Å². The number of esters is 1. The van der Waals surface area contributed by atoms with Gasteiger partial charge in [-0.05, 0) is 25.0 Å². The van der Waals surface area contributed by atoms with Gasteiger partial charge in [-0.25, -0.2) is 8.78 Å². The monoisotopic (exact) mass is 390 g/mol. The number of ether oxygens (including phenoxy) is 1. The Bertz CT molecular complexity index is 341. The number of rotatable bonds is 16. The Labute approximate surface area is 167 Å². The van der Waals surface area contributed by atoms with Crippen LogP contribution in [-0.4, -0.2) is 18.5 Å². The molecule has 0 saturated heterocycles. The minimum absolute atomic E-state index is 0.0555. The Balaban J connectivity index is 0. The molecule has 0 aliphatic heterocycles. The van der Waals surface area contributed by atoms with Crippen molar-refractivity contribution in [1.82, 2.24) is 0 Å². The van der Waals surface area contributed by atoms with E-state index in [1.807, 2.05) is 0 Å². The van der Waals surface area contributed by atoms with Crippen molar-refractivity contribution < 1.29 is 18.3 Å². The van der Waals surface area contributed by atoms with Crippen LogP contribution >= 0.6 is 0 Å². The van der Waals surface area contributed by atoms with Gasteiger partial charge in [0.2, 0.25) is 0 Å². The van der Waals surface area contributed by atoms with Crippen molar-refractivity contribution in [2.24, 2.45) is 0 Å². The molecule has 0 rings (SSSR count). The molecule has 0 aromatic heterocycles. The highest BCUT2D eigenvalue weighted by Gasteiger charge is 2.23. The smallest absolute Gasteiger partial charge is 0.306 e. The van der Waals surface area contributed by atoms with Gasteiger partial charge in [-0.3, -0.25) is 4.79 Å². The summed E-state index contributed by atoms with van der Waals surface area (Å²) >= 11 is 0. The lowest BCUT2D eigenvalue weighted by Crippen LogP contribution is -2.12. The maximum absolute atomic E-state index is 13.6. The molecule has 0 bridgehead atoms. The van der Waals surface area contributed by atoms with Crippen molar-refractivity contribution in [3.63, 3.8) is 0 Å². The quantitative estimate of drug-likeness (QED) is 0.151. The van der Waals surface area contributed by atoms with E-state index in [9.17, 15) is 13.6 Å². The van der Waals surface area contributed by atoms with Crippen molar-refractivity contribution in [3.8, 4) is 0 Å². The Morgan fingerprint density at radius 1 is 0.815 bits per heavy atom. The first-order chi connectivity index (χ1) is 12.9. The van der Waals surface area contributed by atoms with Crippen LogP contribution in [0.1, 0.15) is 118 Å². The number of hydrogen-bond donors (Lipinski definition) is 0. The third kappa shape index (κ3) is 25.1. The molecule has 0 atom stereocenters. The molecular weight excluding hydrogens is 346 g/mol. The van der Waals surface area contributed by atoms with Crippen LogP contribution in [-0.2, 0) is 9.53 Å². The zero-order valence-electron chi connectivity index (χ0n) is 18.3. The summed E-state index contributed by atoms with van der Waals surface area (Å²) in [6.45, 7) is 8.46. The lowest BCUT2D eigenvalue weighted by Gasteiger charge is -2.11. The number of carbonyl (C=O) groups is 1. The van der Waals surface area contributed by atoms with Gasteiger partial charge >= 0.3 is 5.97 Å². The normalized spacial score (nSPS) is 11.3. The second-order valence-electron chi connectivity index (χ2n) is 7.24. The maximum atomic E-state index is 13.6. The summed E-state index contributed by atoms with van der Waals surface area (Å²) in [4.78, 5) is 11.5. The standard InChI is InChI=1S/C20H36F2O2.C3H8/c1-3-5-7-9-10-12-15-19(23)24-18-14-17-20(21,22)16-13-11-8-6-4-2;1-3-2/h14,17H,3-13,15-16,18H2,1-2H3;3H2,1-2H3/b17-14-;. The Hall–Kier alpha value is -0.930. The maximum Gasteiger partial charge on any atom is 0.306 e. The Morgan fingerprint density at radius 3 is 1.85 bits per heavy atom. The van der Waals surface area contributed by atoms with Gasteiger partial charge in [0.15, 0.2) is 0 Å². The van der Waals surface area contributed by atoms with Crippen LogP contribution in [0.3, 0.4) is 0 Å². The molecule has 0 aliphatic carbocycles. The van der Waals surface area contributed by atoms with Crippen LogP contribution < -0.4 is 0 Å². The molecular formula is C23H44F2O2. The van der Waals surface area contributed by atoms with E-state index in [0.717, 1.165) is 51.0 Å². The zero-order valence-corrected chi connectivity index (χ0v) is 18.3. The molecule has 0 unspecified atom stereocenters. The minimum atomic E-state index is -2.79. The van der Waals surface area contributed by atoms with E-state index in [0.29, 0.717) is 12.8 Å². The van der Waals surface area contributed by atoms with Gasteiger partial charge in [0, 0.05) is 12.8 Å². The molecule has 27 heavy (non-hydrogen) atoms. The first kappa shape index (κ1) is 28.3. The fraction of sp³-hybridized carbons (Fsp3) is 0.870. The molecule has 0 fully saturated rings. The van der Waals surface area contributed by atoms with Gasteiger partial charge in [0.1, 0.15) is 6.61 Å². The first-order valence-electron chi connectivity index (χ1n) is 11.1. The zero-order chi connectivity index (χ0) is 20.8. The SMILES string of the molecule is CCC.CCCCCCCCC(=O)OC/C=C\C(F)(F)CCCCCCC. The first-order valence-corrected chi connectivity index (χ1v) is 11.1. The molecule has 0 spiro atoms. The largest absolute Gasteiger partial charge is 0.461 e. The van der Waals surface area contributed by atoms with E-state index in [1.165, 1.54) is 31.8 Å². The van der Waals surface area contributed by atoms with E-state index in [-0.39, 0.29) is 19.0 Å². The van der Waals surface area contributed by atoms with Crippen LogP contribution in [0.5, 0.6) is 0 Å². The number of unbranched alkanes of at least 4 members (excludes halogenated alkanes) is 9. The Morgan fingerprint density at radius 2 is 1.30 bits per heavy atom. The lowest BCUT2D eigenvalue weighted by molar-refractivity contribution is -0.142. The van der Waals surface area contributed by atoms with Crippen LogP contribution in [0.15, 0.2) is 12.2 Å². The highest BCUT2D eigenvalue weighted by atomic mass is 19.3. The minimum Gasteiger partial charge on any atom is -0.461 e. The predicted octanol–water partition coefficient (Wildman–Crippen LogP) is 8.25. The Kier molecular flexibility index (Phi) is 22.4. The van der Waals surface area contributed by atoms with E-state index in [4.69, 9.17) is 4.74 Å². The van der Waals surface area contributed by atoms with Crippen molar-refractivity contribution in [3.05, 3.63) is 12.2 Å². The predicted molar refractivity (Wildman–Crippen MR) is 112 cm³/mol. The summed E-state index contributed by atoms with van der Waals surface area (Å²) in [5, 5.41) is 0. The third-order valence-corrected chi connectivity index (χ3v) is 4.05. The van der Waals surface area contributed by atoms with Crippen molar-refractivity contribution in [2.45, 2.75) is 124 Å². The molecule has 2 nitrogen and oxygen atoms in total. The number of carbonyl (C=O) groups excluding carboxylic acids is 1. The van der Waals surface area contributed by atoms with Crippen LogP contribution in [0.2, 0.25) is 0 Å². The molecule has 0 N–H and O–H groups in total. The fourth-order valence-corrected chi connectivity index (χ4v) is 2.53. The van der Waals surface area contributed by atoms with E-state index in [1.54, 1.807) is 0 Å². The lowest BCUT2D eigenvalue weighted by atomic mass is 10.1. The molecule has 0 aromatic rings. The summed E-state index contributed by atoms with van der Waals surface area (Å²) in [6.07, 6.45) is 14.9. The summed E-state index contributed by atoms with van der Waals surface area (Å²) in [7, 11) is 0. The summed E-state index contributed by atoms with van der Waals surface area (Å²) in [6, 6.07) is 0. The van der Waals surface area contributed by atoms with Crippen molar-refractivity contribution in [2.75, 3.05) is 6.61 Å². The molecule has 0 saturated carbocycles. The second kappa shape index (κ2) is 21.4. The van der Waals surface area contributed by atoms with Gasteiger partial charge in [-0.2, -0.15) is 0 Å². The molecule has 0 heterocycles. The summed E-state index contributed by atoms with van der Waals surface area (Å²) < 4.78 is 32.1. The number of allylic oxidation sites excluding steroid dienone is 1. The number of halogens is 2. The highest BCUT2D eigenvalue weighted by molar-refractivity contribution is 5.69. The summed E-state index contributed by atoms with van der Waals surface area (Å²) in [5.41, 5.74) is 0. The van der Waals surface area contributed by atoms with E-state index in [2.05, 4.69) is 27.7 Å². The van der Waals surface area contributed by atoms with Gasteiger partial charge < -0.3 is 4.74 Å². The molecule has 0 aliphatic rings. The van der Waals surface area contributed by atoms with E-state index >= 15 is 0 Å². The third-order valence-electron chi connectivity index (χ3n) is 4.05. The van der Waals surface area contributed by atoms with Crippen LogP contribution in [0, 0.1) is 0 Å². The molecule has 4 heteroatoms. The average molecular weight is 391 g/mol. The fourth-order valence-electron chi connectivity index (χ4n) is 2.53. The van der Waals surface area contributed by atoms with Crippen LogP contribution in [0.25, 0.3) is 0 Å². The average Bonchev–Trinajstić information content (AvgIpc) is 2.62. The van der Waals surface area contributed by atoms with E-state index < -0.39 is 5.92 Å². The topological polar surface area (TPSA) is 26.3 Å². The molecule has 0 radical (unpaired) electrons. The van der Waals surface area contributed by atoms with Crippen molar-refractivity contribution >= 4 is 5.97 Å². The van der Waals surface area contributed by atoms with Crippen molar-refractivity contribution in [1.29, 1.82) is 0 Å². The molecule has 0 amide bonds. The van der Waals surface area contributed by atoms with Gasteiger partial charge in [-0.15, -0.1) is 0 Å². The molecule has 162 valence electrons. The highest BCUT2D eigenvalue weighted by Crippen LogP contribution is 2.23. The van der Waals surface area contributed by atoms with Gasteiger partial charge in [0.05, 0.1) is 0 Å². The van der Waals surface area contributed by atoms with Crippen LogP contribution in [0.4, 0.5) is 8.78 Å². The summed E-state index contributed by atoms with van der Waals surface area (Å²) in [5.74, 6) is -3.09.